The van der Waals surface area contributed by atoms with E-state index in [0.29, 0.717) is 11.8 Å². The van der Waals surface area contributed by atoms with Crippen molar-refractivity contribution in [3.8, 4) is 0 Å². The Morgan fingerprint density at radius 2 is 2.25 bits per heavy atom. The summed E-state index contributed by atoms with van der Waals surface area (Å²) in [6, 6.07) is 1.96. The van der Waals surface area contributed by atoms with Crippen LogP contribution in [-0.2, 0) is 0 Å². The van der Waals surface area contributed by atoms with Crippen LogP contribution in [0.5, 0.6) is 0 Å². The van der Waals surface area contributed by atoms with Crippen LogP contribution in [0.4, 0.5) is 0 Å². The van der Waals surface area contributed by atoms with Crippen molar-refractivity contribution in [1.29, 1.82) is 0 Å². The summed E-state index contributed by atoms with van der Waals surface area (Å²) < 4.78 is 2.00. The lowest BCUT2D eigenvalue weighted by Crippen LogP contribution is -2.12. The van der Waals surface area contributed by atoms with Crippen molar-refractivity contribution in [2.24, 2.45) is 5.92 Å². The minimum atomic E-state index is 0.444. The molecule has 0 radical (unpaired) electrons. The molecule has 0 bridgehead atoms. The molecule has 3 rings (SSSR count). The topological polar surface area (TPSA) is 55.1 Å². The van der Waals surface area contributed by atoms with Crippen LogP contribution in [0.3, 0.4) is 0 Å². The Hall–Kier alpha value is -1.49. The summed E-state index contributed by atoms with van der Waals surface area (Å²) in [7, 11) is 0. The average molecular weight is 217 g/mol. The van der Waals surface area contributed by atoms with E-state index in [1.54, 1.807) is 0 Å². The summed E-state index contributed by atoms with van der Waals surface area (Å²) in [5.41, 5.74) is 1.87. The Morgan fingerprint density at radius 1 is 1.38 bits per heavy atom. The number of nitrogens with one attached hydrogen (secondary N) is 1. The van der Waals surface area contributed by atoms with Crippen LogP contribution in [0.1, 0.15) is 24.4 Å². The number of hydrogen-bond donors (Lipinski definition) is 1. The van der Waals surface area contributed by atoms with Crippen LogP contribution < -0.4 is 5.32 Å². The van der Waals surface area contributed by atoms with Crippen molar-refractivity contribution < 1.29 is 0 Å². The lowest BCUT2D eigenvalue weighted by Gasteiger charge is -2.11. The fourth-order valence-electron chi connectivity index (χ4n) is 2.31. The summed E-state index contributed by atoms with van der Waals surface area (Å²) in [5, 5.41) is 11.9. The Kier molecular flexibility index (Phi) is 2.14. The summed E-state index contributed by atoms with van der Waals surface area (Å²) in [6.45, 7) is 6.25. The van der Waals surface area contributed by atoms with E-state index in [-0.39, 0.29) is 0 Å². The highest BCUT2D eigenvalue weighted by atomic mass is 15.3. The van der Waals surface area contributed by atoms with Gasteiger partial charge in [0.15, 0.2) is 5.65 Å². The van der Waals surface area contributed by atoms with Crippen LogP contribution in [0, 0.1) is 12.8 Å². The predicted molar refractivity (Wildman–Crippen MR) is 60.3 cm³/mol. The van der Waals surface area contributed by atoms with Gasteiger partial charge in [-0.15, -0.1) is 10.2 Å². The molecule has 1 aliphatic heterocycles. The lowest BCUT2D eigenvalue weighted by atomic mass is 9.97. The molecule has 0 aromatic carbocycles. The highest BCUT2D eigenvalue weighted by molar-refractivity contribution is 5.38. The summed E-state index contributed by atoms with van der Waals surface area (Å²) in [6.07, 6.45) is 1.82. The van der Waals surface area contributed by atoms with Crippen molar-refractivity contribution in [2.45, 2.75) is 19.8 Å². The van der Waals surface area contributed by atoms with Gasteiger partial charge in [-0.05, 0) is 19.4 Å². The zero-order chi connectivity index (χ0) is 11.1. The molecule has 1 aliphatic rings. The fraction of sp³-hybridized carbons (Fsp3) is 0.545. The molecule has 5 nitrogen and oxygen atoms in total. The van der Waals surface area contributed by atoms with Crippen LogP contribution in [0.2, 0.25) is 0 Å². The third kappa shape index (κ3) is 1.39. The molecular weight excluding hydrogens is 202 g/mol. The van der Waals surface area contributed by atoms with E-state index >= 15 is 0 Å². The molecule has 2 aromatic heterocycles. The van der Waals surface area contributed by atoms with E-state index in [4.69, 9.17) is 0 Å². The largest absolute Gasteiger partial charge is 0.316 e. The Bertz CT molecular complexity index is 518. The first kappa shape index (κ1) is 9.72. The zero-order valence-corrected chi connectivity index (χ0v) is 9.51. The van der Waals surface area contributed by atoms with E-state index < -0.39 is 0 Å². The van der Waals surface area contributed by atoms with Gasteiger partial charge in [-0.25, -0.2) is 4.98 Å². The standard InChI is InChI=1S/C11H15N5/c1-7-4-12-5-9(7)11-15-14-10-3-8(2)13-6-16(10)11/h3,6-7,9,12H,4-5H2,1-2H3/t7-,9-/m1/s1. The molecule has 2 atom stereocenters. The highest BCUT2D eigenvalue weighted by Crippen LogP contribution is 2.26. The first-order valence-electron chi connectivity index (χ1n) is 5.63. The van der Waals surface area contributed by atoms with Crippen molar-refractivity contribution in [2.75, 3.05) is 13.1 Å². The van der Waals surface area contributed by atoms with Gasteiger partial charge in [0.25, 0.3) is 0 Å². The molecule has 3 heterocycles. The third-order valence-corrected chi connectivity index (χ3v) is 3.31. The van der Waals surface area contributed by atoms with Gasteiger partial charge in [0, 0.05) is 24.2 Å². The molecule has 1 saturated heterocycles. The van der Waals surface area contributed by atoms with E-state index in [1.807, 2.05) is 23.7 Å². The van der Waals surface area contributed by atoms with Gasteiger partial charge in [0.2, 0.25) is 0 Å². The first-order chi connectivity index (χ1) is 7.75. The number of aromatic nitrogens is 4. The highest BCUT2D eigenvalue weighted by Gasteiger charge is 2.28. The van der Waals surface area contributed by atoms with E-state index in [0.717, 1.165) is 30.3 Å². The molecule has 5 heteroatoms. The van der Waals surface area contributed by atoms with Crippen LogP contribution in [-0.4, -0.2) is 32.7 Å². The first-order valence-corrected chi connectivity index (χ1v) is 5.63. The smallest absolute Gasteiger partial charge is 0.163 e. The van der Waals surface area contributed by atoms with Gasteiger partial charge in [-0.1, -0.05) is 6.92 Å². The second-order valence-electron chi connectivity index (χ2n) is 4.56. The molecular formula is C11H15N5. The predicted octanol–water partition coefficient (Wildman–Crippen LogP) is 0.756. The lowest BCUT2D eigenvalue weighted by molar-refractivity contribution is 0.540. The van der Waals surface area contributed by atoms with Gasteiger partial charge < -0.3 is 5.32 Å². The Balaban J connectivity index is 2.10. The normalized spacial score (nSPS) is 25.4. The quantitative estimate of drug-likeness (QED) is 0.766. The summed E-state index contributed by atoms with van der Waals surface area (Å²) in [4.78, 5) is 4.30. The average Bonchev–Trinajstić information content (AvgIpc) is 2.83. The van der Waals surface area contributed by atoms with E-state index in [2.05, 4.69) is 27.4 Å². The van der Waals surface area contributed by atoms with Gasteiger partial charge in [0.05, 0.1) is 0 Å². The molecule has 16 heavy (non-hydrogen) atoms. The van der Waals surface area contributed by atoms with Crippen LogP contribution in [0.15, 0.2) is 12.4 Å². The van der Waals surface area contributed by atoms with Gasteiger partial charge >= 0.3 is 0 Å². The monoisotopic (exact) mass is 217 g/mol. The van der Waals surface area contributed by atoms with Crippen molar-refractivity contribution in [1.82, 2.24) is 24.9 Å². The maximum absolute atomic E-state index is 4.30. The molecule has 0 unspecified atom stereocenters. The molecule has 0 spiro atoms. The molecule has 84 valence electrons. The van der Waals surface area contributed by atoms with Crippen LogP contribution >= 0.6 is 0 Å². The maximum Gasteiger partial charge on any atom is 0.163 e. The number of fused-ring (bicyclic) bond motifs is 1. The number of rotatable bonds is 1. The SMILES string of the molecule is Cc1cc2nnc([C@@H]3CNC[C@H]3C)n2cn1. The second kappa shape index (κ2) is 3.52. The summed E-state index contributed by atoms with van der Waals surface area (Å²) >= 11 is 0. The second-order valence-corrected chi connectivity index (χ2v) is 4.56. The van der Waals surface area contributed by atoms with Crippen molar-refractivity contribution in [3.05, 3.63) is 23.9 Å². The van der Waals surface area contributed by atoms with Gasteiger partial charge in [-0.3, -0.25) is 4.40 Å². The molecule has 0 saturated carbocycles. The Labute approximate surface area is 93.9 Å². The van der Waals surface area contributed by atoms with E-state index in [1.165, 1.54) is 0 Å². The molecule has 2 aromatic rings. The molecule has 1 fully saturated rings. The number of nitrogens with zero attached hydrogens (tertiary/aromatic N) is 4. The maximum atomic E-state index is 4.30. The van der Waals surface area contributed by atoms with Crippen molar-refractivity contribution >= 4 is 5.65 Å². The zero-order valence-electron chi connectivity index (χ0n) is 9.51. The minimum Gasteiger partial charge on any atom is -0.316 e. The molecule has 0 amide bonds. The summed E-state index contributed by atoms with van der Waals surface area (Å²) in [5.74, 6) is 2.08. The van der Waals surface area contributed by atoms with E-state index in [9.17, 15) is 0 Å². The van der Waals surface area contributed by atoms with Crippen LogP contribution in [0.25, 0.3) is 5.65 Å². The minimum absolute atomic E-state index is 0.444. The number of hydrogen-bond acceptors (Lipinski definition) is 4. The number of aryl methyl sites for hydroxylation is 1. The Morgan fingerprint density at radius 3 is 3.00 bits per heavy atom. The van der Waals surface area contributed by atoms with Gasteiger partial charge in [0.1, 0.15) is 12.2 Å². The van der Waals surface area contributed by atoms with Gasteiger partial charge in [-0.2, -0.15) is 0 Å². The fourth-order valence-corrected chi connectivity index (χ4v) is 2.31. The third-order valence-electron chi connectivity index (χ3n) is 3.31. The molecule has 1 N–H and O–H groups in total. The molecule has 0 aliphatic carbocycles. The van der Waals surface area contributed by atoms with Crippen molar-refractivity contribution in [3.63, 3.8) is 0 Å².